The minimum Gasteiger partial charge on any atom is -0.504 e. The lowest BCUT2D eigenvalue weighted by Gasteiger charge is -2.16. The van der Waals surface area contributed by atoms with Crippen molar-refractivity contribution in [2.24, 2.45) is 4.99 Å². The minimum absolute atomic E-state index is 0.155. The van der Waals surface area contributed by atoms with E-state index in [1.165, 1.54) is 3.97 Å². The van der Waals surface area contributed by atoms with Crippen molar-refractivity contribution in [2.45, 2.75) is 25.2 Å². The fourth-order valence-electron chi connectivity index (χ4n) is 4.02. The molecule has 0 aliphatic carbocycles. The third kappa shape index (κ3) is 3.35. The zero-order valence-electron chi connectivity index (χ0n) is 17.8. The van der Waals surface area contributed by atoms with Crippen LogP contribution < -0.4 is 5.32 Å². The van der Waals surface area contributed by atoms with Crippen LogP contribution in [-0.4, -0.2) is 30.3 Å². The molecule has 1 aliphatic heterocycles. The van der Waals surface area contributed by atoms with E-state index in [0.717, 1.165) is 33.3 Å². The molecule has 1 aliphatic rings. The topological polar surface area (TPSA) is 83.7 Å². The SMILES string of the molecule is Cc1ccc(C=Nc2cc3c4c(cn(S(=O)(=O)c5ccc(C)cc5)c4c2O)CCN3)cc1. The molecule has 0 fully saturated rings. The molecule has 0 bridgehead atoms. The molecule has 0 atom stereocenters. The molecule has 162 valence electrons. The van der Waals surface area contributed by atoms with Gasteiger partial charge in [-0.15, -0.1) is 0 Å². The Hall–Kier alpha value is -3.58. The molecule has 1 aromatic heterocycles. The first-order valence-corrected chi connectivity index (χ1v) is 11.9. The van der Waals surface area contributed by atoms with E-state index in [9.17, 15) is 13.5 Å². The molecule has 0 unspecified atom stereocenters. The van der Waals surface area contributed by atoms with Crippen molar-refractivity contribution in [1.82, 2.24) is 3.97 Å². The van der Waals surface area contributed by atoms with Gasteiger partial charge < -0.3 is 10.4 Å². The summed E-state index contributed by atoms with van der Waals surface area (Å²) in [5, 5.41) is 15.2. The summed E-state index contributed by atoms with van der Waals surface area (Å²) >= 11 is 0. The Balaban J connectivity index is 1.70. The van der Waals surface area contributed by atoms with Gasteiger partial charge in [0.25, 0.3) is 10.0 Å². The maximum absolute atomic E-state index is 13.5. The van der Waals surface area contributed by atoms with Crippen LogP contribution in [0.15, 0.2) is 70.7 Å². The second-order valence-corrected chi connectivity index (χ2v) is 9.94. The fraction of sp³-hybridized carbons (Fsp3) is 0.160. The summed E-state index contributed by atoms with van der Waals surface area (Å²) in [6.45, 7) is 4.60. The number of hydrogen-bond acceptors (Lipinski definition) is 5. The Labute approximate surface area is 186 Å². The standard InChI is InChI=1S/C25H23N3O3S/c1-16-3-7-18(8-4-16)14-27-22-13-21-23-19(11-12-26-21)15-28(24(23)25(22)29)32(30,31)20-9-5-17(2)6-10-20/h3-10,13-15,26,29H,11-12H2,1-2H3. The molecule has 2 heterocycles. The minimum atomic E-state index is -3.89. The molecule has 0 saturated heterocycles. The Morgan fingerprint density at radius 2 is 1.69 bits per heavy atom. The van der Waals surface area contributed by atoms with Crippen molar-refractivity contribution < 1.29 is 13.5 Å². The van der Waals surface area contributed by atoms with E-state index in [-0.39, 0.29) is 16.2 Å². The maximum Gasteiger partial charge on any atom is 0.268 e. The Morgan fingerprint density at radius 3 is 2.38 bits per heavy atom. The van der Waals surface area contributed by atoms with Gasteiger partial charge in [-0.2, -0.15) is 0 Å². The van der Waals surface area contributed by atoms with Crippen LogP contribution >= 0.6 is 0 Å². The summed E-state index contributed by atoms with van der Waals surface area (Å²) in [5.74, 6) is -0.155. The molecule has 6 nitrogen and oxygen atoms in total. The number of aryl methyl sites for hydroxylation is 2. The third-order valence-corrected chi connectivity index (χ3v) is 7.46. The van der Waals surface area contributed by atoms with Crippen LogP contribution in [0.1, 0.15) is 22.3 Å². The molecule has 0 amide bonds. The van der Waals surface area contributed by atoms with Gasteiger partial charge >= 0.3 is 0 Å². The molecule has 3 aromatic carbocycles. The van der Waals surface area contributed by atoms with Gasteiger partial charge in [-0.3, -0.25) is 4.99 Å². The van der Waals surface area contributed by atoms with Crippen molar-refractivity contribution in [1.29, 1.82) is 0 Å². The van der Waals surface area contributed by atoms with E-state index in [4.69, 9.17) is 0 Å². The highest BCUT2D eigenvalue weighted by molar-refractivity contribution is 7.90. The second kappa shape index (κ2) is 7.53. The van der Waals surface area contributed by atoms with Crippen LogP contribution in [0.25, 0.3) is 10.9 Å². The van der Waals surface area contributed by atoms with Crippen LogP contribution in [0.5, 0.6) is 5.75 Å². The molecular formula is C25H23N3O3S. The van der Waals surface area contributed by atoms with Crippen molar-refractivity contribution >= 4 is 38.5 Å². The Bertz CT molecular complexity index is 1470. The molecule has 4 aromatic rings. The number of benzene rings is 3. The van der Waals surface area contributed by atoms with Gasteiger partial charge in [-0.05, 0) is 49.6 Å². The molecule has 5 rings (SSSR count). The number of aliphatic imine (C=N–C) groups is 1. The average molecular weight is 446 g/mol. The Morgan fingerprint density at radius 1 is 1.03 bits per heavy atom. The first-order chi connectivity index (χ1) is 15.3. The highest BCUT2D eigenvalue weighted by Crippen LogP contribution is 2.44. The number of phenols is 1. The van der Waals surface area contributed by atoms with Crippen molar-refractivity contribution in [3.63, 3.8) is 0 Å². The van der Waals surface area contributed by atoms with Crippen LogP contribution in [-0.2, 0) is 16.4 Å². The number of phenolic OH excluding ortho intramolecular Hbond substituents is 1. The normalized spacial score (nSPS) is 13.6. The number of aromatic hydroxyl groups is 1. The first-order valence-electron chi connectivity index (χ1n) is 10.4. The highest BCUT2D eigenvalue weighted by atomic mass is 32.2. The predicted molar refractivity (Wildman–Crippen MR) is 128 cm³/mol. The molecular weight excluding hydrogens is 422 g/mol. The molecule has 32 heavy (non-hydrogen) atoms. The van der Waals surface area contributed by atoms with Gasteiger partial charge in [0.15, 0.2) is 5.75 Å². The van der Waals surface area contributed by atoms with Crippen LogP contribution in [0, 0.1) is 13.8 Å². The largest absolute Gasteiger partial charge is 0.504 e. The van der Waals surface area contributed by atoms with Gasteiger partial charge in [0.05, 0.1) is 4.90 Å². The van der Waals surface area contributed by atoms with E-state index in [1.807, 2.05) is 38.1 Å². The second-order valence-electron chi connectivity index (χ2n) is 8.13. The molecule has 0 saturated carbocycles. The van der Waals surface area contributed by atoms with Gasteiger partial charge in [0.1, 0.15) is 11.2 Å². The van der Waals surface area contributed by atoms with E-state index >= 15 is 0 Å². The van der Waals surface area contributed by atoms with Crippen molar-refractivity contribution in [3.8, 4) is 5.75 Å². The lowest BCUT2D eigenvalue weighted by Crippen LogP contribution is -2.12. The van der Waals surface area contributed by atoms with Gasteiger partial charge in [-0.1, -0.05) is 47.5 Å². The molecule has 0 radical (unpaired) electrons. The van der Waals surface area contributed by atoms with E-state index in [1.54, 1.807) is 42.7 Å². The molecule has 7 heteroatoms. The monoisotopic (exact) mass is 445 g/mol. The van der Waals surface area contributed by atoms with Crippen LogP contribution in [0.2, 0.25) is 0 Å². The van der Waals surface area contributed by atoms with E-state index in [0.29, 0.717) is 18.7 Å². The summed E-state index contributed by atoms with van der Waals surface area (Å²) in [6.07, 6.45) is 3.96. The van der Waals surface area contributed by atoms with Crippen molar-refractivity contribution in [2.75, 3.05) is 11.9 Å². The van der Waals surface area contributed by atoms with Crippen LogP contribution in [0.4, 0.5) is 11.4 Å². The number of aromatic nitrogens is 1. The number of anilines is 1. The summed E-state index contributed by atoms with van der Waals surface area (Å²) in [5.41, 5.74) is 5.23. The zero-order chi connectivity index (χ0) is 22.5. The first kappa shape index (κ1) is 20.3. The summed E-state index contributed by atoms with van der Waals surface area (Å²) in [6, 6.07) is 16.3. The highest BCUT2D eigenvalue weighted by Gasteiger charge is 2.28. The Kier molecular flexibility index (Phi) is 4.78. The van der Waals surface area contributed by atoms with Crippen molar-refractivity contribution in [3.05, 3.63) is 83.0 Å². The number of rotatable bonds is 4. The van der Waals surface area contributed by atoms with Crippen LogP contribution in [0.3, 0.4) is 0 Å². The maximum atomic E-state index is 13.5. The fourth-order valence-corrected chi connectivity index (χ4v) is 5.42. The lowest BCUT2D eigenvalue weighted by molar-refractivity contribution is 0.481. The average Bonchev–Trinajstić information content (AvgIpc) is 3.19. The lowest BCUT2D eigenvalue weighted by atomic mass is 10.0. The number of hydrogen-bond donors (Lipinski definition) is 2. The van der Waals surface area contributed by atoms with Gasteiger partial charge in [0, 0.05) is 30.0 Å². The predicted octanol–water partition coefficient (Wildman–Crippen LogP) is 4.92. The van der Waals surface area contributed by atoms with E-state index in [2.05, 4.69) is 10.3 Å². The molecule has 2 N–H and O–H groups in total. The quantitative estimate of drug-likeness (QED) is 0.345. The number of nitrogens with one attached hydrogen (secondary N) is 1. The van der Waals surface area contributed by atoms with E-state index < -0.39 is 10.0 Å². The smallest absolute Gasteiger partial charge is 0.268 e. The van der Waals surface area contributed by atoms with Gasteiger partial charge in [-0.25, -0.2) is 12.4 Å². The zero-order valence-corrected chi connectivity index (χ0v) is 18.6. The summed E-state index contributed by atoms with van der Waals surface area (Å²) in [4.78, 5) is 4.66. The summed E-state index contributed by atoms with van der Waals surface area (Å²) in [7, 11) is -3.89. The third-order valence-electron chi connectivity index (χ3n) is 5.79. The van der Waals surface area contributed by atoms with Gasteiger partial charge in [0.2, 0.25) is 0 Å². The number of nitrogens with zero attached hydrogens (tertiary/aromatic N) is 2. The molecule has 0 spiro atoms. The summed E-state index contributed by atoms with van der Waals surface area (Å²) < 4.78 is 28.2.